The Balaban J connectivity index is 0.000000618. The summed E-state index contributed by atoms with van der Waals surface area (Å²) in [7, 11) is 0. The van der Waals surface area contributed by atoms with Crippen molar-refractivity contribution in [2.75, 3.05) is 6.61 Å². The second-order valence-corrected chi connectivity index (χ2v) is 28.0. The molecular weight excluding hydrogens is 1360 g/mol. The van der Waals surface area contributed by atoms with Crippen molar-refractivity contribution >= 4 is 47.8 Å². The number of ether oxygens (including phenoxy) is 8. The van der Waals surface area contributed by atoms with Crippen LogP contribution < -0.4 is 0 Å². The number of hydrogen-bond donors (Lipinski definition) is 0. The Labute approximate surface area is 550 Å². The normalized spacial score (nSPS) is 23.1. The highest BCUT2D eigenvalue weighted by Crippen LogP contribution is 2.62. The van der Waals surface area contributed by atoms with Crippen LogP contribution in [-0.4, -0.2) is 134 Å². The fourth-order valence-corrected chi connectivity index (χ4v) is 9.45. The summed E-state index contributed by atoms with van der Waals surface area (Å²) < 4.78 is 257. The van der Waals surface area contributed by atoms with Gasteiger partial charge in [-0.1, -0.05) is 55.4 Å². The van der Waals surface area contributed by atoms with Crippen LogP contribution in [0.4, 0.5) is 79.0 Å². The molecule has 2 bridgehead atoms. The zero-order valence-corrected chi connectivity index (χ0v) is 56.7. The molecule has 3 saturated carbocycles. The van der Waals surface area contributed by atoms with Gasteiger partial charge in [-0.25, -0.2) is 4.79 Å². The van der Waals surface area contributed by atoms with Gasteiger partial charge in [-0.05, 0) is 144 Å². The fraction of sp³-hybridized carbons (Fsp3) is 0.855. The third-order valence-corrected chi connectivity index (χ3v) is 18.1. The molecule has 0 radical (unpaired) electrons. The summed E-state index contributed by atoms with van der Waals surface area (Å²) in [6.07, 6.45) is -43.9. The first-order chi connectivity index (χ1) is 43.4. The van der Waals surface area contributed by atoms with Gasteiger partial charge in [0.1, 0.15) is 18.3 Å². The van der Waals surface area contributed by atoms with Crippen LogP contribution in [0, 0.1) is 67.0 Å². The van der Waals surface area contributed by atoms with Gasteiger partial charge in [-0.2, -0.15) is 84.3 Å². The number of rotatable bonds is 17. The van der Waals surface area contributed by atoms with Crippen molar-refractivity contribution in [1.82, 2.24) is 0 Å². The molecule has 3 aliphatic carbocycles. The van der Waals surface area contributed by atoms with E-state index in [4.69, 9.17) is 23.7 Å². The van der Waals surface area contributed by atoms with Crippen LogP contribution in [0.2, 0.25) is 0 Å². The zero-order chi connectivity index (χ0) is 76.4. The Bertz CT molecular complexity index is 2660. The molecule has 0 spiro atoms. The Morgan fingerprint density at radius 3 is 1.13 bits per heavy atom. The molecule has 0 amide bonds. The highest BCUT2D eigenvalue weighted by atomic mass is 19.4. The van der Waals surface area contributed by atoms with Gasteiger partial charge in [0, 0.05) is 18.3 Å². The number of carbonyl (C=O) groups excluding carboxylic acids is 8. The monoisotopic (exact) mass is 1440 g/mol. The van der Waals surface area contributed by atoms with E-state index in [1.807, 2.05) is 48.5 Å². The van der Waals surface area contributed by atoms with Crippen LogP contribution in [0.25, 0.3) is 0 Å². The van der Waals surface area contributed by atoms with Crippen molar-refractivity contribution in [3.63, 3.8) is 0 Å². The van der Waals surface area contributed by atoms with E-state index in [2.05, 4.69) is 41.1 Å². The first-order valence-corrected chi connectivity index (χ1v) is 30.9. The molecule has 35 heteroatoms. The number of hydrogen-bond acceptors (Lipinski definition) is 17. The maximum absolute atomic E-state index is 12.4. The lowest BCUT2D eigenvalue weighted by Crippen LogP contribution is -2.52. The number of halogens is 18. The van der Waals surface area contributed by atoms with Gasteiger partial charge >= 0.3 is 84.8 Å². The van der Waals surface area contributed by atoms with Crippen LogP contribution in [0.5, 0.6) is 0 Å². The summed E-state index contributed by atoms with van der Waals surface area (Å²) in [6.45, 7) is 29.2. The van der Waals surface area contributed by atoms with E-state index in [-0.39, 0.29) is 60.7 Å². The fourth-order valence-electron chi connectivity index (χ4n) is 9.45. The first-order valence-electron chi connectivity index (χ1n) is 30.9. The summed E-state index contributed by atoms with van der Waals surface area (Å²) in [5.74, 6) is -7.59. The van der Waals surface area contributed by atoms with E-state index in [1.165, 1.54) is 33.6 Å². The molecule has 17 nitrogen and oxygen atoms in total. The van der Waals surface area contributed by atoms with Crippen molar-refractivity contribution in [3.05, 3.63) is 0 Å². The lowest BCUT2D eigenvalue weighted by atomic mass is 9.72. The topological polar surface area (TPSA) is 234 Å². The number of fused-ring (bicyclic) bond motifs is 1. The second-order valence-electron chi connectivity index (χ2n) is 28.0. The number of nitriles is 1. The van der Waals surface area contributed by atoms with Crippen LogP contribution in [0.15, 0.2) is 0 Å². The molecule has 97 heavy (non-hydrogen) atoms. The Kier molecular flexibility index (Phi) is 29.9. The molecule has 562 valence electrons. The summed E-state index contributed by atoms with van der Waals surface area (Å²) in [5.41, 5.74) is -6.70. The summed E-state index contributed by atoms with van der Waals surface area (Å²) in [5, 5.41) is 9.31. The van der Waals surface area contributed by atoms with Crippen LogP contribution in [-0.2, 0) is 76.3 Å². The molecule has 2 aliphatic heterocycles. The van der Waals surface area contributed by atoms with E-state index in [0.717, 1.165) is 31.6 Å². The number of esters is 8. The van der Waals surface area contributed by atoms with Crippen molar-refractivity contribution < 1.29 is 155 Å². The number of cyclic esters (lactones) is 1. The molecule has 0 aromatic heterocycles. The lowest BCUT2D eigenvalue weighted by Gasteiger charge is -2.37. The number of alkyl halides is 18. The minimum absolute atomic E-state index is 0.0239. The largest absolute Gasteiger partial charge is 0.463 e. The van der Waals surface area contributed by atoms with Crippen LogP contribution in [0.3, 0.4) is 0 Å². The van der Waals surface area contributed by atoms with E-state index in [9.17, 15) is 123 Å². The highest BCUT2D eigenvalue weighted by molar-refractivity contribution is 5.99. The summed E-state index contributed by atoms with van der Waals surface area (Å²) >= 11 is 0. The lowest BCUT2D eigenvalue weighted by molar-refractivity contribution is -0.320. The molecule has 0 N–H and O–H groups in total. The summed E-state index contributed by atoms with van der Waals surface area (Å²) in [4.78, 5) is 93.2. The minimum Gasteiger partial charge on any atom is -0.463 e. The van der Waals surface area contributed by atoms with Gasteiger partial charge < -0.3 is 37.9 Å². The molecular formula is C62H87F18NO16. The van der Waals surface area contributed by atoms with E-state index >= 15 is 0 Å². The SMILES string of the molecule is CCC(C)(C(=O)OC(C(F)(F)F)C(F)(F)F)C(=O)OC(C(F)(F)F)C(F)(F)F.CCC(C)(C)C(=O)OC(C(F)(F)F)C(F)(F)F.CCC(C)(C)C(=O)OC1C2CC3C1OC(=O)C3(C#N)C2.CCC(C)(C)C(=O)OC1CCC(C(C)(C)C)CC1.CCC(C)(C)C(=O)OC1CCOC1=O. The molecule has 0 aromatic rings. The van der Waals surface area contributed by atoms with Gasteiger partial charge in [0.15, 0.2) is 10.8 Å². The minimum atomic E-state index is -6.23. The quantitative estimate of drug-likeness (QED) is 0.0570. The van der Waals surface area contributed by atoms with Crippen molar-refractivity contribution in [2.45, 2.75) is 275 Å². The Morgan fingerprint density at radius 1 is 0.485 bits per heavy atom. The maximum Gasteiger partial charge on any atom is 0.434 e. The molecule has 5 aliphatic rings. The molecule has 6 atom stereocenters. The van der Waals surface area contributed by atoms with Gasteiger partial charge in [0.05, 0.1) is 34.3 Å². The van der Waals surface area contributed by atoms with Crippen LogP contribution >= 0.6 is 0 Å². The Hall–Kier alpha value is -6.01. The molecule has 2 heterocycles. The predicted octanol–water partition coefficient (Wildman–Crippen LogP) is 15.6. The van der Waals surface area contributed by atoms with E-state index in [0.29, 0.717) is 44.6 Å². The average Bonchev–Trinajstić information content (AvgIpc) is 1.54. The van der Waals surface area contributed by atoms with Crippen molar-refractivity contribution in [3.8, 4) is 6.07 Å². The van der Waals surface area contributed by atoms with E-state index in [1.54, 1.807) is 13.8 Å². The zero-order valence-electron chi connectivity index (χ0n) is 56.7. The van der Waals surface area contributed by atoms with Crippen molar-refractivity contribution in [2.24, 2.45) is 55.7 Å². The van der Waals surface area contributed by atoms with Crippen molar-refractivity contribution in [1.29, 1.82) is 5.26 Å². The highest BCUT2D eigenvalue weighted by Gasteiger charge is 2.73. The third kappa shape index (κ3) is 23.8. The standard InChI is InChI=1S/C16H30O2.C15H19NO4.C12H10F12O4.C10H16O4.C9H12F6O2/c1-7-16(5,6)14(17)18-13-10-8-12(9-11-13)15(2,3)4;1-4-14(2,3)12(17)19-10-8-5-9-11(10)20-13(18)15(9,6-8)7-16;1-3-8(2,6(25)27-4(9(13,14)15)10(16,17)18)7(26)28-5(11(19,20)21)12(22,23)24;1-4-10(2,3)9(12)14-7-5-6-13-8(7)11;1-4-7(2,3)6(16)17-5(8(10,11)12)9(13,14)15/h12-13H,7-11H2,1-6H3;8-11H,4-6H2,1-3H3;4-5H,3H2,1-2H3;7H,4-6H2,1-3H3;5H,4H2,1-3H3. The van der Waals surface area contributed by atoms with Crippen LogP contribution in [0.1, 0.15) is 195 Å². The predicted molar refractivity (Wildman–Crippen MR) is 301 cm³/mol. The van der Waals surface area contributed by atoms with Gasteiger partial charge in [0.2, 0.25) is 6.10 Å². The molecule has 5 fully saturated rings. The summed E-state index contributed by atoms with van der Waals surface area (Å²) in [6, 6.07) is 2.15. The van der Waals surface area contributed by atoms with Gasteiger partial charge in [-0.15, -0.1) is 0 Å². The van der Waals surface area contributed by atoms with E-state index < -0.39 is 131 Å². The molecule has 2 saturated heterocycles. The molecule has 6 unspecified atom stereocenters. The molecule has 5 rings (SSSR count). The average molecular weight is 1440 g/mol. The third-order valence-electron chi connectivity index (χ3n) is 18.1. The Morgan fingerprint density at radius 2 is 0.825 bits per heavy atom. The smallest absolute Gasteiger partial charge is 0.434 e. The number of nitrogens with zero attached hydrogens (tertiary/aromatic N) is 1. The number of carbonyl (C=O) groups is 8. The second kappa shape index (κ2) is 32.5. The van der Waals surface area contributed by atoms with Gasteiger partial charge in [-0.3, -0.25) is 33.6 Å². The first kappa shape index (κ1) is 89.0. The van der Waals surface area contributed by atoms with Gasteiger partial charge in [0.25, 0.3) is 18.3 Å². The maximum atomic E-state index is 12.4. The molecule has 0 aromatic carbocycles.